The molecule has 0 bridgehead atoms. The van der Waals surface area contributed by atoms with Crippen molar-refractivity contribution in [1.29, 1.82) is 0 Å². The van der Waals surface area contributed by atoms with E-state index in [1.54, 1.807) is 0 Å². The molecular weight excluding hydrogens is 376 g/mol. The summed E-state index contributed by atoms with van der Waals surface area (Å²) >= 11 is 1.30. The van der Waals surface area contributed by atoms with E-state index in [1.807, 2.05) is 20.8 Å². The Morgan fingerprint density at radius 3 is 2.81 bits per heavy atom. The number of anilines is 1. The average Bonchev–Trinajstić information content (AvgIpc) is 3.02. The topological polar surface area (TPSA) is 114 Å². The predicted octanol–water partition coefficient (Wildman–Crippen LogP) is 2.03. The Bertz CT molecular complexity index is 832. The van der Waals surface area contributed by atoms with E-state index in [9.17, 15) is 13.8 Å². The van der Waals surface area contributed by atoms with Crippen LogP contribution in [0.25, 0.3) is 0 Å². The molecule has 0 aromatic carbocycles. The summed E-state index contributed by atoms with van der Waals surface area (Å²) < 4.78 is 17.5. The molecule has 0 aliphatic heterocycles. The molecule has 0 radical (unpaired) electrons. The number of nitrogens with one attached hydrogen (secondary N) is 2. The number of hydrogen-bond donors (Lipinski definition) is 2. The molecule has 0 aliphatic rings. The highest BCUT2D eigenvalue weighted by Crippen LogP contribution is 2.22. The summed E-state index contributed by atoms with van der Waals surface area (Å²) in [6.45, 7) is 6.38. The van der Waals surface area contributed by atoms with Gasteiger partial charge in [0.2, 0.25) is 16.5 Å². The first kappa shape index (κ1) is 20.2. The van der Waals surface area contributed by atoms with Gasteiger partial charge in [-0.2, -0.15) is 0 Å². The molecule has 1 atom stereocenters. The number of amides is 1. The van der Waals surface area contributed by atoms with Crippen molar-refractivity contribution in [2.45, 2.75) is 38.9 Å². The number of aromatic nitrogens is 3. The van der Waals surface area contributed by atoms with E-state index in [-0.39, 0.29) is 28.6 Å². The second kappa shape index (κ2) is 9.58. The van der Waals surface area contributed by atoms with Gasteiger partial charge in [-0.1, -0.05) is 32.1 Å². The molecule has 0 saturated heterocycles. The van der Waals surface area contributed by atoms with Crippen LogP contribution < -0.4 is 15.5 Å². The predicted molar refractivity (Wildman–Crippen MR) is 102 cm³/mol. The molecule has 26 heavy (non-hydrogen) atoms. The van der Waals surface area contributed by atoms with Gasteiger partial charge in [-0.15, -0.1) is 10.2 Å². The monoisotopic (exact) mass is 398 g/mol. The van der Waals surface area contributed by atoms with Crippen LogP contribution in [0.1, 0.15) is 43.8 Å². The fourth-order valence-electron chi connectivity index (χ4n) is 1.95. The summed E-state index contributed by atoms with van der Waals surface area (Å²) in [6, 6.07) is 1.35. The maximum absolute atomic E-state index is 12.2. The van der Waals surface area contributed by atoms with Crippen LogP contribution >= 0.6 is 11.3 Å². The second-order valence-electron chi connectivity index (χ2n) is 5.91. The van der Waals surface area contributed by atoms with E-state index in [2.05, 4.69) is 20.5 Å². The van der Waals surface area contributed by atoms with Gasteiger partial charge in [-0.3, -0.25) is 19.1 Å². The Morgan fingerprint density at radius 1 is 1.42 bits per heavy atom. The Hall–Kier alpha value is -2.07. The zero-order chi connectivity index (χ0) is 19.1. The lowest BCUT2D eigenvalue weighted by Crippen LogP contribution is -2.20. The molecule has 2 aromatic heterocycles. The average molecular weight is 399 g/mol. The molecule has 0 fully saturated rings. The number of hydrogen-bond acceptors (Lipinski definition) is 7. The highest BCUT2D eigenvalue weighted by atomic mass is 32.2. The number of ether oxygens (including phenoxy) is 1. The SMILES string of the molecule is CCCOc1c[nH]c(CS(=O)CC(=O)Nc2nnc(C(C)C)s2)cc1=O. The smallest absolute Gasteiger partial charge is 0.238 e. The summed E-state index contributed by atoms with van der Waals surface area (Å²) in [4.78, 5) is 26.8. The van der Waals surface area contributed by atoms with Gasteiger partial charge in [0.15, 0.2) is 5.75 Å². The molecule has 2 rings (SSSR count). The number of pyridine rings is 1. The van der Waals surface area contributed by atoms with Crippen molar-refractivity contribution in [2.75, 3.05) is 17.7 Å². The number of nitrogens with zero attached hydrogens (tertiary/aromatic N) is 2. The minimum atomic E-state index is -1.46. The van der Waals surface area contributed by atoms with Crippen molar-refractivity contribution >= 4 is 33.2 Å². The fraction of sp³-hybridized carbons (Fsp3) is 0.500. The van der Waals surface area contributed by atoms with Crippen molar-refractivity contribution < 1.29 is 13.7 Å². The fourth-order valence-corrected chi connectivity index (χ4v) is 3.70. The lowest BCUT2D eigenvalue weighted by Gasteiger charge is -2.06. The number of H-pyrrole nitrogens is 1. The first-order valence-electron chi connectivity index (χ1n) is 8.21. The minimum absolute atomic E-state index is 0.0735. The van der Waals surface area contributed by atoms with E-state index in [1.165, 1.54) is 23.6 Å². The Balaban J connectivity index is 1.88. The number of carbonyl (C=O) groups is 1. The zero-order valence-electron chi connectivity index (χ0n) is 14.9. The third-order valence-electron chi connectivity index (χ3n) is 3.19. The van der Waals surface area contributed by atoms with Gasteiger partial charge in [-0.05, 0) is 6.42 Å². The van der Waals surface area contributed by atoms with Gasteiger partial charge in [0.25, 0.3) is 0 Å². The van der Waals surface area contributed by atoms with Crippen LogP contribution in [0.2, 0.25) is 0 Å². The van der Waals surface area contributed by atoms with Gasteiger partial charge in [0.05, 0.1) is 12.4 Å². The van der Waals surface area contributed by atoms with Gasteiger partial charge in [-0.25, -0.2) is 0 Å². The molecule has 2 aromatic rings. The molecule has 0 spiro atoms. The summed E-state index contributed by atoms with van der Waals surface area (Å²) in [7, 11) is -1.46. The summed E-state index contributed by atoms with van der Waals surface area (Å²) in [5.74, 6) is -0.0543. The molecule has 2 heterocycles. The minimum Gasteiger partial charge on any atom is -0.488 e. The van der Waals surface area contributed by atoms with Crippen molar-refractivity contribution in [3.05, 3.63) is 33.2 Å². The van der Waals surface area contributed by atoms with E-state index < -0.39 is 16.7 Å². The van der Waals surface area contributed by atoms with Crippen LogP contribution in [-0.2, 0) is 21.3 Å². The van der Waals surface area contributed by atoms with Gasteiger partial charge in [0.1, 0.15) is 10.8 Å². The normalized spacial score (nSPS) is 12.2. The standard InChI is InChI=1S/C16H22N4O4S2/c1-4-5-24-13-7-17-11(6-12(13)21)8-26(23)9-14(22)18-16-20-19-15(25-16)10(2)3/h6-7,10H,4-5,8-9H2,1-3H3,(H,17,21)(H,18,20,22). The Kier molecular flexibility index (Phi) is 7.46. The lowest BCUT2D eigenvalue weighted by atomic mass is 10.2. The van der Waals surface area contributed by atoms with Crippen LogP contribution in [0.4, 0.5) is 5.13 Å². The highest BCUT2D eigenvalue weighted by Gasteiger charge is 2.14. The van der Waals surface area contributed by atoms with Gasteiger partial charge >= 0.3 is 0 Å². The van der Waals surface area contributed by atoms with Gasteiger partial charge < -0.3 is 9.72 Å². The molecule has 142 valence electrons. The molecule has 10 heteroatoms. The second-order valence-corrected chi connectivity index (χ2v) is 8.38. The maximum atomic E-state index is 12.2. The lowest BCUT2D eigenvalue weighted by molar-refractivity contribution is -0.113. The number of aromatic amines is 1. The van der Waals surface area contributed by atoms with Crippen molar-refractivity contribution in [1.82, 2.24) is 15.2 Å². The van der Waals surface area contributed by atoms with Crippen LogP contribution in [0.3, 0.4) is 0 Å². The van der Waals surface area contributed by atoms with Crippen LogP contribution in [0.15, 0.2) is 17.1 Å². The molecule has 2 N–H and O–H groups in total. The van der Waals surface area contributed by atoms with Crippen LogP contribution in [0, 0.1) is 0 Å². The van der Waals surface area contributed by atoms with E-state index in [4.69, 9.17) is 4.74 Å². The number of carbonyl (C=O) groups excluding carboxylic acids is 1. The molecule has 1 unspecified atom stereocenters. The third kappa shape index (κ3) is 6.03. The Morgan fingerprint density at radius 2 is 2.19 bits per heavy atom. The van der Waals surface area contributed by atoms with Gasteiger partial charge in [0, 0.05) is 34.7 Å². The maximum Gasteiger partial charge on any atom is 0.238 e. The molecule has 0 aliphatic carbocycles. The van der Waals surface area contributed by atoms with E-state index in [0.29, 0.717) is 17.4 Å². The zero-order valence-corrected chi connectivity index (χ0v) is 16.5. The highest BCUT2D eigenvalue weighted by molar-refractivity contribution is 7.84. The first-order valence-corrected chi connectivity index (χ1v) is 10.5. The van der Waals surface area contributed by atoms with Crippen LogP contribution in [-0.4, -0.2) is 37.7 Å². The molecule has 8 nitrogen and oxygen atoms in total. The number of rotatable bonds is 9. The first-order chi connectivity index (χ1) is 12.4. The third-order valence-corrected chi connectivity index (χ3v) is 5.54. The Labute approximate surface area is 157 Å². The van der Waals surface area contributed by atoms with Crippen LogP contribution in [0.5, 0.6) is 5.75 Å². The van der Waals surface area contributed by atoms with Crippen molar-refractivity contribution in [3.63, 3.8) is 0 Å². The summed E-state index contributed by atoms with van der Waals surface area (Å²) in [5, 5.41) is 11.7. The largest absolute Gasteiger partial charge is 0.488 e. The summed E-state index contributed by atoms with van der Waals surface area (Å²) in [6.07, 6.45) is 2.26. The summed E-state index contributed by atoms with van der Waals surface area (Å²) in [5.41, 5.74) is 0.215. The van der Waals surface area contributed by atoms with Crippen molar-refractivity contribution in [2.24, 2.45) is 0 Å². The van der Waals surface area contributed by atoms with Crippen molar-refractivity contribution in [3.8, 4) is 5.75 Å². The molecular formula is C16H22N4O4S2. The molecule has 1 amide bonds. The van der Waals surface area contributed by atoms with E-state index in [0.717, 1.165) is 11.4 Å². The van der Waals surface area contributed by atoms with E-state index >= 15 is 0 Å². The molecule has 0 saturated carbocycles. The quantitative estimate of drug-likeness (QED) is 0.668.